The molecule has 2 fully saturated rings. The molecule has 2 saturated carbocycles. The number of fused-ring (bicyclic) bond motifs is 2. The topological polar surface area (TPSA) is 29.5 Å². The van der Waals surface area contributed by atoms with Gasteiger partial charge >= 0.3 is 0 Å². The van der Waals surface area contributed by atoms with Crippen molar-refractivity contribution in [3.63, 3.8) is 0 Å². The van der Waals surface area contributed by atoms with Gasteiger partial charge in [0.2, 0.25) is 0 Å². The van der Waals surface area contributed by atoms with Crippen LogP contribution in [0.1, 0.15) is 39.0 Å². The largest absolute Gasteiger partial charge is 0.393 e. The summed E-state index contributed by atoms with van der Waals surface area (Å²) in [5, 5.41) is 9.55. The van der Waals surface area contributed by atoms with Crippen molar-refractivity contribution in [2.75, 3.05) is 6.61 Å². The molecule has 0 aliphatic heterocycles. The predicted octanol–water partition coefficient (Wildman–Crippen LogP) is 1.96. The molecule has 0 aromatic rings. The van der Waals surface area contributed by atoms with Crippen molar-refractivity contribution in [1.82, 2.24) is 0 Å². The molecular formula is C11H20O2. The Kier molecular flexibility index (Phi) is 2.89. The molecule has 4 atom stereocenters. The molecule has 0 radical (unpaired) electrons. The summed E-state index contributed by atoms with van der Waals surface area (Å²) in [6.07, 6.45) is 6.14. The lowest BCUT2D eigenvalue weighted by atomic mass is 9.95. The van der Waals surface area contributed by atoms with Crippen molar-refractivity contribution in [1.29, 1.82) is 0 Å². The lowest BCUT2D eigenvalue weighted by molar-refractivity contribution is -0.0122. The maximum Gasteiger partial charge on any atom is 0.0607 e. The van der Waals surface area contributed by atoms with Crippen LogP contribution in [-0.2, 0) is 4.74 Å². The summed E-state index contributed by atoms with van der Waals surface area (Å²) in [6.45, 7) is 3.11. The zero-order chi connectivity index (χ0) is 9.26. The van der Waals surface area contributed by atoms with Gasteiger partial charge in [-0.1, -0.05) is 13.3 Å². The highest BCUT2D eigenvalue weighted by atomic mass is 16.5. The van der Waals surface area contributed by atoms with E-state index in [0.717, 1.165) is 19.4 Å². The van der Waals surface area contributed by atoms with Gasteiger partial charge in [-0.25, -0.2) is 0 Å². The van der Waals surface area contributed by atoms with E-state index in [0.29, 0.717) is 17.9 Å². The van der Waals surface area contributed by atoms with Gasteiger partial charge in [-0.05, 0) is 37.5 Å². The summed E-state index contributed by atoms with van der Waals surface area (Å²) in [4.78, 5) is 0. The second kappa shape index (κ2) is 3.97. The van der Waals surface area contributed by atoms with Crippen LogP contribution in [0.4, 0.5) is 0 Å². The summed E-state index contributed by atoms with van der Waals surface area (Å²) in [7, 11) is 0. The Hall–Kier alpha value is -0.0800. The van der Waals surface area contributed by atoms with E-state index in [4.69, 9.17) is 4.74 Å². The average molecular weight is 184 g/mol. The highest BCUT2D eigenvalue weighted by molar-refractivity contribution is 4.96. The molecule has 13 heavy (non-hydrogen) atoms. The van der Waals surface area contributed by atoms with E-state index in [1.165, 1.54) is 19.3 Å². The van der Waals surface area contributed by atoms with Crippen molar-refractivity contribution < 1.29 is 9.84 Å². The van der Waals surface area contributed by atoms with Gasteiger partial charge in [0.25, 0.3) is 0 Å². The van der Waals surface area contributed by atoms with Gasteiger partial charge in [0.1, 0.15) is 0 Å². The van der Waals surface area contributed by atoms with Crippen molar-refractivity contribution in [3.8, 4) is 0 Å². The summed E-state index contributed by atoms with van der Waals surface area (Å²) in [5.74, 6) is 1.22. The van der Waals surface area contributed by atoms with Gasteiger partial charge < -0.3 is 9.84 Å². The summed E-state index contributed by atoms with van der Waals surface area (Å²) in [5.41, 5.74) is 0. The fourth-order valence-electron chi connectivity index (χ4n) is 2.78. The Morgan fingerprint density at radius 2 is 2.08 bits per heavy atom. The van der Waals surface area contributed by atoms with Crippen LogP contribution in [0.2, 0.25) is 0 Å². The quantitative estimate of drug-likeness (QED) is 0.677. The number of unbranched alkanes of at least 4 members (excludes halogenated alkanes) is 1. The molecule has 76 valence electrons. The minimum atomic E-state index is -0.0176. The minimum Gasteiger partial charge on any atom is -0.393 e. The van der Waals surface area contributed by atoms with Crippen LogP contribution >= 0.6 is 0 Å². The minimum absolute atomic E-state index is 0.0176. The van der Waals surface area contributed by atoms with E-state index >= 15 is 0 Å². The van der Waals surface area contributed by atoms with Crippen LogP contribution in [-0.4, -0.2) is 23.9 Å². The molecule has 2 aliphatic rings. The number of hydrogen-bond donors (Lipinski definition) is 1. The van der Waals surface area contributed by atoms with E-state index < -0.39 is 0 Å². The molecule has 1 N–H and O–H groups in total. The predicted molar refractivity (Wildman–Crippen MR) is 51.5 cm³/mol. The maximum atomic E-state index is 9.55. The van der Waals surface area contributed by atoms with Crippen molar-refractivity contribution in [3.05, 3.63) is 0 Å². The van der Waals surface area contributed by atoms with Crippen LogP contribution in [0.5, 0.6) is 0 Å². The van der Waals surface area contributed by atoms with Gasteiger partial charge in [-0.15, -0.1) is 0 Å². The second-order valence-corrected chi connectivity index (χ2v) is 4.56. The molecule has 0 spiro atoms. The number of aliphatic hydroxyl groups excluding tert-OH is 1. The lowest BCUT2D eigenvalue weighted by Gasteiger charge is -2.25. The molecule has 0 heterocycles. The zero-order valence-electron chi connectivity index (χ0n) is 8.41. The molecular weight excluding hydrogens is 164 g/mol. The van der Waals surface area contributed by atoms with Gasteiger partial charge in [-0.2, -0.15) is 0 Å². The first kappa shape index (κ1) is 9.47. The van der Waals surface area contributed by atoms with Crippen LogP contribution in [0, 0.1) is 11.8 Å². The highest BCUT2D eigenvalue weighted by Crippen LogP contribution is 2.46. The molecule has 0 unspecified atom stereocenters. The second-order valence-electron chi connectivity index (χ2n) is 4.56. The highest BCUT2D eigenvalue weighted by Gasteiger charge is 2.45. The first-order valence-corrected chi connectivity index (χ1v) is 5.61. The number of ether oxygens (including phenoxy) is 1. The monoisotopic (exact) mass is 184 g/mol. The Morgan fingerprint density at radius 3 is 2.62 bits per heavy atom. The molecule has 0 amide bonds. The Balaban J connectivity index is 1.73. The van der Waals surface area contributed by atoms with Gasteiger partial charge in [0.05, 0.1) is 12.2 Å². The maximum absolute atomic E-state index is 9.55. The SMILES string of the molecule is CCCCO[C@H]1C[C@H]2C[C@@H]1C[C@@H]2O. The summed E-state index contributed by atoms with van der Waals surface area (Å²) < 4.78 is 5.81. The Labute approximate surface area is 80.3 Å². The van der Waals surface area contributed by atoms with E-state index in [9.17, 15) is 5.11 Å². The average Bonchev–Trinajstić information content (AvgIpc) is 2.63. The van der Waals surface area contributed by atoms with Crippen molar-refractivity contribution in [2.24, 2.45) is 11.8 Å². The van der Waals surface area contributed by atoms with Gasteiger partial charge in [0, 0.05) is 6.61 Å². The zero-order valence-corrected chi connectivity index (χ0v) is 8.41. The van der Waals surface area contributed by atoms with Crippen LogP contribution < -0.4 is 0 Å². The molecule has 2 aliphatic carbocycles. The third kappa shape index (κ3) is 1.89. The molecule has 0 aromatic carbocycles. The van der Waals surface area contributed by atoms with Gasteiger partial charge in [-0.3, -0.25) is 0 Å². The van der Waals surface area contributed by atoms with E-state index in [1.54, 1.807) is 0 Å². The van der Waals surface area contributed by atoms with Crippen LogP contribution in [0.3, 0.4) is 0 Å². The van der Waals surface area contributed by atoms with Crippen LogP contribution in [0.25, 0.3) is 0 Å². The van der Waals surface area contributed by atoms with Crippen LogP contribution in [0.15, 0.2) is 0 Å². The molecule has 2 nitrogen and oxygen atoms in total. The standard InChI is InChI=1S/C11H20O2/c1-2-3-4-13-11-7-8-5-9(11)6-10(8)12/h8-12H,2-7H2,1H3/t8-,9-,10+,11+/m1/s1. The summed E-state index contributed by atoms with van der Waals surface area (Å²) in [6, 6.07) is 0. The fourth-order valence-corrected chi connectivity index (χ4v) is 2.78. The first-order valence-electron chi connectivity index (χ1n) is 5.61. The fraction of sp³-hybridized carbons (Fsp3) is 1.00. The normalized spacial score (nSPS) is 42.9. The van der Waals surface area contributed by atoms with E-state index in [1.807, 2.05) is 0 Å². The van der Waals surface area contributed by atoms with Crippen molar-refractivity contribution >= 4 is 0 Å². The lowest BCUT2D eigenvalue weighted by Crippen LogP contribution is -2.27. The number of aliphatic hydroxyl groups is 1. The Bertz CT molecular complexity index is 167. The molecule has 0 saturated heterocycles. The van der Waals surface area contributed by atoms with E-state index in [-0.39, 0.29) is 6.10 Å². The Morgan fingerprint density at radius 1 is 1.23 bits per heavy atom. The third-order valence-electron chi connectivity index (χ3n) is 3.58. The molecule has 0 aromatic heterocycles. The molecule has 2 bridgehead atoms. The smallest absolute Gasteiger partial charge is 0.0607 e. The number of hydrogen-bond acceptors (Lipinski definition) is 2. The van der Waals surface area contributed by atoms with Crippen molar-refractivity contribution in [2.45, 2.75) is 51.2 Å². The van der Waals surface area contributed by atoms with Gasteiger partial charge in [0.15, 0.2) is 0 Å². The first-order chi connectivity index (χ1) is 6.31. The van der Waals surface area contributed by atoms with E-state index in [2.05, 4.69) is 6.92 Å². The molecule has 2 heteroatoms. The third-order valence-corrected chi connectivity index (χ3v) is 3.58. The summed E-state index contributed by atoms with van der Waals surface area (Å²) >= 11 is 0. The number of rotatable bonds is 4. The molecule has 2 rings (SSSR count).